The molecule has 0 aliphatic carbocycles. The number of anilines is 1. The average molecular weight is 365 g/mol. The lowest BCUT2D eigenvalue weighted by Gasteiger charge is -2.30. The van der Waals surface area contributed by atoms with Crippen LogP contribution in [0.25, 0.3) is 0 Å². The standard InChI is InChI=1S/C17H23N3O4S/c1-3-10-18-17(22)14-8-4-5-9-15(14)19-16(21)13-7-6-11-20(12-13)25(2,23)24/h3-5,8-9,13H,1,6-7,10-12H2,2H3,(H,18,22)(H,19,21)/t13-/m1/s1. The first-order valence-corrected chi connectivity index (χ1v) is 9.92. The molecule has 1 heterocycles. The van der Waals surface area contributed by atoms with E-state index in [0.29, 0.717) is 37.2 Å². The number of amides is 2. The number of nitrogens with zero attached hydrogens (tertiary/aromatic N) is 1. The molecule has 0 saturated carbocycles. The first-order valence-electron chi connectivity index (χ1n) is 8.07. The lowest BCUT2D eigenvalue weighted by molar-refractivity contribution is -0.120. The van der Waals surface area contributed by atoms with Gasteiger partial charge in [0.15, 0.2) is 0 Å². The summed E-state index contributed by atoms with van der Waals surface area (Å²) in [6.45, 7) is 4.47. The summed E-state index contributed by atoms with van der Waals surface area (Å²) < 4.78 is 24.7. The predicted molar refractivity (Wildman–Crippen MR) is 96.7 cm³/mol. The molecule has 1 atom stereocenters. The van der Waals surface area contributed by atoms with Crippen molar-refractivity contribution in [3.63, 3.8) is 0 Å². The molecule has 2 rings (SSSR count). The number of rotatable bonds is 6. The number of carbonyl (C=O) groups excluding carboxylic acids is 2. The lowest BCUT2D eigenvalue weighted by atomic mass is 9.98. The van der Waals surface area contributed by atoms with Crippen molar-refractivity contribution >= 4 is 27.5 Å². The van der Waals surface area contributed by atoms with Crippen LogP contribution in [0.1, 0.15) is 23.2 Å². The minimum absolute atomic E-state index is 0.162. The van der Waals surface area contributed by atoms with Gasteiger partial charge in [-0.25, -0.2) is 12.7 Å². The predicted octanol–water partition coefficient (Wildman–Crippen LogP) is 1.21. The van der Waals surface area contributed by atoms with Crippen LogP contribution in [0, 0.1) is 5.92 Å². The summed E-state index contributed by atoms with van der Waals surface area (Å²) in [6, 6.07) is 6.71. The number of benzene rings is 1. The Morgan fingerprint density at radius 3 is 2.76 bits per heavy atom. The molecule has 1 aliphatic heterocycles. The molecule has 7 nitrogen and oxygen atoms in total. The summed E-state index contributed by atoms with van der Waals surface area (Å²) in [5, 5.41) is 5.44. The normalized spacial score (nSPS) is 18.4. The molecule has 1 aromatic carbocycles. The van der Waals surface area contributed by atoms with Crippen molar-refractivity contribution in [3.8, 4) is 0 Å². The van der Waals surface area contributed by atoms with E-state index < -0.39 is 15.9 Å². The SMILES string of the molecule is C=CCNC(=O)c1ccccc1NC(=O)[C@@H]1CCCN(S(C)(=O)=O)C1. The van der Waals surface area contributed by atoms with Gasteiger partial charge < -0.3 is 10.6 Å². The minimum Gasteiger partial charge on any atom is -0.349 e. The van der Waals surface area contributed by atoms with Crippen molar-refractivity contribution in [3.05, 3.63) is 42.5 Å². The van der Waals surface area contributed by atoms with Crippen LogP contribution >= 0.6 is 0 Å². The second-order valence-corrected chi connectivity index (χ2v) is 7.98. The fourth-order valence-electron chi connectivity index (χ4n) is 2.74. The molecule has 1 aromatic rings. The van der Waals surface area contributed by atoms with Gasteiger partial charge in [-0.2, -0.15) is 0 Å². The van der Waals surface area contributed by atoms with E-state index in [1.54, 1.807) is 30.3 Å². The van der Waals surface area contributed by atoms with Gasteiger partial charge in [0, 0.05) is 19.6 Å². The Bertz CT molecular complexity index is 761. The molecule has 0 bridgehead atoms. The highest BCUT2D eigenvalue weighted by Gasteiger charge is 2.30. The van der Waals surface area contributed by atoms with Crippen LogP contribution in [0.5, 0.6) is 0 Å². The number of para-hydroxylation sites is 1. The van der Waals surface area contributed by atoms with E-state index in [2.05, 4.69) is 17.2 Å². The highest BCUT2D eigenvalue weighted by Crippen LogP contribution is 2.22. The molecule has 136 valence electrons. The van der Waals surface area contributed by atoms with E-state index >= 15 is 0 Å². The minimum atomic E-state index is -3.32. The molecule has 0 spiro atoms. The first kappa shape index (κ1) is 19.1. The number of hydrogen-bond acceptors (Lipinski definition) is 4. The van der Waals surface area contributed by atoms with E-state index in [4.69, 9.17) is 0 Å². The Hall–Kier alpha value is -2.19. The summed E-state index contributed by atoms with van der Waals surface area (Å²) in [7, 11) is -3.32. The van der Waals surface area contributed by atoms with Crippen molar-refractivity contribution in [2.45, 2.75) is 12.8 Å². The smallest absolute Gasteiger partial charge is 0.253 e. The first-order chi connectivity index (χ1) is 11.8. The molecular weight excluding hydrogens is 342 g/mol. The molecule has 2 amide bonds. The van der Waals surface area contributed by atoms with Crippen LogP contribution in [0.15, 0.2) is 36.9 Å². The van der Waals surface area contributed by atoms with Crippen LogP contribution in [0.3, 0.4) is 0 Å². The van der Waals surface area contributed by atoms with Crippen LogP contribution in [-0.4, -0.2) is 50.4 Å². The third-order valence-corrected chi connectivity index (χ3v) is 5.33. The fourth-order valence-corrected chi connectivity index (χ4v) is 3.65. The average Bonchev–Trinajstić information content (AvgIpc) is 2.59. The van der Waals surface area contributed by atoms with Crippen LogP contribution in [0.4, 0.5) is 5.69 Å². The van der Waals surface area contributed by atoms with Gasteiger partial charge in [-0.15, -0.1) is 6.58 Å². The van der Waals surface area contributed by atoms with Gasteiger partial charge in [-0.3, -0.25) is 9.59 Å². The zero-order chi connectivity index (χ0) is 18.4. The van der Waals surface area contributed by atoms with Gasteiger partial charge in [-0.1, -0.05) is 18.2 Å². The number of hydrogen-bond donors (Lipinski definition) is 2. The second kappa shape index (κ2) is 8.26. The van der Waals surface area contributed by atoms with Gasteiger partial charge >= 0.3 is 0 Å². The molecule has 8 heteroatoms. The summed E-state index contributed by atoms with van der Waals surface area (Å²) in [6.07, 6.45) is 3.96. The van der Waals surface area contributed by atoms with Crippen molar-refractivity contribution in [1.29, 1.82) is 0 Å². The van der Waals surface area contributed by atoms with E-state index in [1.165, 1.54) is 4.31 Å². The van der Waals surface area contributed by atoms with Crippen molar-refractivity contribution in [2.75, 3.05) is 31.2 Å². The molecule has 0 aromatic heterocycles. The number of piperidine rings is 1. The van der Waals surface area contributed by atoms with Gasteiger partial charge in [0.05, 0.1) is 23.4 Å². The molecule has 0 radical (unpaired) electrons. The largest absolute Gasteiger partial charge is 0.349 e. The third kappa shape index (κ3) is 5.14. The maximum absolute atomic E-state index is 12.5. The van der Waals surface area contributed by atoms with E-state index in [9.17, 15) is 18.0 Å². The van der Waals surface area contributed by atoms with E-state index in [0.717, 1.165) is 6.26 Å². The zero-order valence-electron chi connectivity index (χ0n) is 14.2. The summed E-state index contributed by atoms with van der Waals surface area (Å²) >= 11 is 0. The monoisotopic (exact) mass is 365 g/mol. The number of carbonyl (C=O) groups is 2. The molecular formula is C17H23N3O4S. The Morgan fingerprint density at radius 2 is 2.08 bits per heavy atom. The van der Waals surface area contributed by atoms with Gasteiger partial charge in [0.2, 0.25) is 15.9 Å². The van der Waals surface area contributed by atoms with E-state index in [1.807, 2.05) is 0 Å². The van der Waals surface area contributed by atoms with Gasteiger partial charge in [-0.05, 0) is 25.0 Å². The summed E-state index contributed by atoms with van der Waals surface area (Å²) in [5.41, 5.74) is 0.763. The number of nitrogens with one attached hydrogen (secondary N) is 2. The van der Waals surface area contributed by atoms with Crippen LogP contribution in [0.2, 0.25) is 0 Å². The molecule has 2 N–H and O–H groups in total. The quantitative estimate of drug-likeness (QED) is 0.741. The van der Waals surface area contributed by atoms with Crippen molar-refractivity contribution in [1.82, 2.24) is 9.62 Å². The Kier molecular flexibility index (Phi) is 6.33. The van der Waals surface area contributed by atoms with Crippen LogP contribution in [-0.2, 0) is 14.8 Å². The number of sulfonamides is 1. The molecule has 1 aliphatic rings. The summed E-state index contributed by atoms with van der Waals surface area (Å²) in [5.74, 6) is -1.03. The molecule has 1 saturated heterocycles. The van der Waals surface area contributed by atoms with E-state index in [-0.39, 0.29) is 18.4 Å². The third-order valence-electron chi connectivity index (χ3n) is 4.06. The Balaban J connectivity index is 2.10. The van der Waals surface area contributed by atoms with Gasteiger partial charge in [0.1, 0.15) is 0 Å². The zero-order valence-corrected chi connectivity index (χ0v) is 15.0. The highest BCUT2D eigenvalue weighted by atomic mass is 32.2. The van der Waals surface area contributed by atoms with Gasteiger partial charge in [0.25, 0.3) is 5.91 Å². The molecule has 0 unspecified atom stereocenters. The second-order valence-electron chi connectivity index (χ2n) is 5.99. The molecule has 25 heavy (non-hydrogen) atoms. The highest BCUT2D eigenvalue weighted by molar-refractivity contribution is 7.88. The fraction of sp³-hybridized carbons (Fsp3) is 0.412. The Morgan fingerprint density at radius 1 is 1.36 bits per heavy atom. The van der Waals surface area contributed by atoms with Crippen molar-refractivity contribution < 1.29 is 18.0 Å². The maximum atomic E-state index is 12.5. The topological polar surface area (TPSA) is 95.6 Å². The summed E-state index contributed by atoms with van der Waals surface area (Å²) in [4.78, 5) is 24.7. The van der Waals surface area contributed by atoms with Crippen molar-refractivity contribution in [2.24, 2.45) is 5.92 Å². The maximum Gasteiger partial charge on any atom is 0.253 e. The van der Waals surface area contributed by atoms with Crippen LogP contribution < -0.4 is 10.6 Å². The molecule has 1 fully saturated rings. The lowest BCUT2D eigenvalue weighted by Crippen LogP contribution is -2.43. The Labute approximate surface area is 148 Å².